The monoisotopic (exact) mass is 204 g/mol. The van der Waals surface area contributed by atoms with Crippen molar-refractivity contribution in [3.63, 3.8) is 0 Å². The molecule has 1 N–H and O–H groups in total. The number of hydrogen-bond acceptors (Lipinski definition) is 2. The van der Waals surface area contributed by atoms with Gasteiger partial charge in [-0.05, 0) is 19.3 Å². The highest BCUT2D eigenvalue weighted by Crippen LogP contribution is 2.23. The predicted molar refractivity (Wildman–Crippen MR) is 53.5 cm³/mol. The lowest BCUT2D eigenvalue weighted by molar-refractivity contribution is 0.499. The quantitative estimate of drug-likeness (QED) is 0.759. The second kappa shape index (κ2) is 4.96. The SMILES string of the molecule is CCCS(=O)(=O)N[C]1CCCCC1. The van der Waals surface area contributed by atoms with Gasteiger partial charge in [0.1, 0.15) is 0 Å². The highest BCUT2D eigenvalue weighted by molar-refractivity contribution is 7.89. The van der Waals surface area contributed by atoms with Crippen molar-refractivity contribution in [2.75, 3.05) is 5.75 Å². The lowest BCUT2D eigenvalue weighted by Gasteiger charge is -2.21. The Morgan fingerprint density at radius 1 is 1.23 bits per heavy atom. The first-order chi connectivity index (χ1) is 6.14. The number of nitrogens with one attached hydrogen (secondary N) is 1. The summed E-state index contributed by atoms with van der Waals surface area (Å²) in [6, 6.07) is 1.01. The molecule has 0 aliphatic heterocycles. The van der Waals surface area contributed by atoms with Gasteiger partial charge in [0.2, 0.25) is 10.0 Å². The Kier molecular flexibility index (Phi) is 4.19. The van der Waals surface area contributed by atoms with Gasteiger partial charge in [0.15, 0.2) is 0 Å². The Balaban J connectivity index is 2.37. The molecule has 0 aromatic carbocycles. The van der Waals surface area contributed by atoms with E-state index in [-0.39, 0.29) is 5.75 Å². The van der Waals surface area contributed by atoms with Crippen LogP contribution in [-0.2, 0) is 10.0 Å². The molecule has 1 rings (SSSR count). The van der Waals surface area contributed by atoms with Crippen molar-refractivity contribution in [3.8, 4) is 0 Å². The molecule has 1 aliphatic carbocycles. The van der Waals surface area contributed by atoms with Crippen LogP contribution in [0.3, 0.4) is 0 Å². The predicted octanol–water partition coefficient (Wildman–Crippen LogP) is 1.81. The molecule has 0 spiro atoms. The molecule has 0 amide bonds. The molecule has 1 radical (unpaired) electrons. The van der Waals surface area contributed by atoms with Gasteiger partial charge in [-0.1, -0.05) is 26.2 Å². The number of rotatable bonds is 4. The van der Waals surface area contributed by atoms with Crippen molar-refractivity contribution in [1.29, 1.82) is 0 Å². The van der Waals surface area contributed by atoms with Crippen molar-refractivity contribution in [2.24, 2.45) is 0 Å². The Bertz CT molecular complexity index is 230. The Labute approximate surface area is 81.0 Å². The van der Waals surface area contributed by atoms with E-state index < -0.39 is 10.0 Å². The van der Waals surface area contributed by atoms with Crippen molar-refractivity contribution in [2.45, 2.75) is 45.4 Å². The van der Waals surface area contributed by atoms with Crippen LogP contribution in [-0.4, -0.2) is 14.2 Å². The standard InChI is InChI=1S/C9H18NO2S/c1-2-8-13(11,12)10-9-6-4-3-5-7-9/h10H,2-8H2,1H3. The van der Waals surface area contributed by atoms with Crippen LogP contribution < -0.4 is 4.72 Å². The third-order valence-electron chi connectivity index (χ3n) is 2.23. The summed E-state index contributed by atoms with van der Waals surface area (Å²) in [5, 5.41) is 0. The van der Waals surface area contributed by atoms with Crippen molar-refractivity contribution in [1.82, 2.24) is 4.72 Å². The summed E-state index contributed by atoms with van der Waals surface area (Å²) in [4.78, 5) is 0. The first-order valence-corrected chi connectivity index (χ1v) is 6.64. The molecule has 0 aromatic heterocycles. The molecule has 3 nitrogen and oxygen atoms in total. The second-order valence-corrected chi connectivity index (χ2v) is 5.43. The van der Waals surface area contributed by atoms with E-state index in [1.54, 1.807) is 0 Å². The van der Waals surface area contributed by atoms with E-state index in [0.717, 1.165) is 31.7 Å². The molecule has 0 heterocycles. The van der Waals surface area contributed by atoms with Crippen LogP contribution in [0.2, 0.25) is 0 Å². The molecule has 1 fully saturated rings. The summed E-state index contributed by atoms with van der Waals surface area (Å²) in [6.45, 7) is 1.88. The summed E-state index contributed by atoms with van der Waals surface area (Å²) < 4.78 is 25.4. The Morgan fingerprint density at radius 3 is 2.38 bits per heavy atom. The van der Waals surface area contributed by atoms with Crippen LogP contribution >= 0.6 is 0 Å². The molecule has 4 heteroatoms. The van der Waals surface area contributed by atoms with Crippen LogP contribution in [0.5, 0.6) is 0 Å². The summed E-state index contributed by atoms with van der Waals surface area (Å²) in [6.07, 6.45) is 6.04. The minimum Gasteiger partial charge on any atom is -0.212 e. The lowest BCUT2D eigenvalue weighted by atomic mass is 9.96. The minimum atomic E-state index is -3.02. The van der Waals surface area contributed by atoms with Crippen LogP contribution in [0, 0.1) is 6.04 Å². The van der Waals surface area contributed by atoms with E-state index in [1.165, 1.54) is 6.42 Å². The van der Waals surface area contributed by atoms with Crippen molar-refractivity contribution >= 4 is 10.0 Å². The summed E-state index contributed by atoms with van der Waals surface area (Å²) in [5.74, 6) is 0.247. The summed E-state index contributed by atoms with van der Waals surface area (Å²) >= 11 is 0. The van der Waals surface area contributed by atoms with Crippen molar-refractivity contribution in [3.05, 3.63) is 6.04 Å². The highest BCUT2D eigenvalue weighted by atomic mass is 32.2. The number of sulfonamides is 1. The van der Waals surface area contributed by atoms with E-state index in [9.17, 15) is 8.42 Å². The first-order valence-electron chi connectivity index (χ1n) is 4.99. The maximum absolute atomic E-state index is 11.4. The number of hydrogen-bond donors (Lipinski definition) is 1. The molecule has 0 saturated heterocycles. The van der Waals surface area contributed by atoms with Gasteiger partial charge in [0.05, 0.1) is 11.8 Å². The molecule has 77 valence electrons. The first kappa shape index (κ1) is 11.0. The molecule has 0 bridgehead atoms. The minimum absolute atomic E-state index is 0.247. The zero-order chi connectivity index (χ0) is 9.73. The van der Waals surface area contributed by atoms with Gasteiger partial charge in [-0.3, -0.25) is 0 Å². The van der Waals surface area contributed by atoms with Crippen LogP contribution in [0.4, 0.5) is 0 Å². The topological polar surface area (TPSA) is 46.2 Å². The van der Waals surface area contributed by atoms with Gasteiger partial charge in [0.25, 0.3) is 0 Å². The summed E-state index contributed by atoms with van der Waals surface area (Å²) in [7, 11) is -3.02. The van der Waals surface area contributed by atoms with Crippen molar-refractivity contribution < 1.29 is 8.42 Å². The fourth-order valence-corrected chi connectivity index (χ4v) is 2.90. The van der Waals surface area contributed by atoms with Gasteiger partial charge in [-0.2, -0.15) is 0 Å². The van der Waals surface area contributed by atoms with E-state index >= 15 is 0 Å². The molecular weight excluding hydrogens is 186 g/mol. The maximum Gasteiger partial charge on any atom is 0.212 e. The van der Waals surface area contributed by atoms with Gasteiger partial charge >= 0.3 is 0 Å². The second-order valence-electron chi connectivity index (χ2n) is 3.59. The Hall–Kier alpha value is -0.0900. The fourth-order valence-electron chi connectivity index (χ4n) is 1.62. The zero-order valence-corrected chi connectivity index (χ0v) is 8.99. The molecule has 1 aliphatic rings. The van der Waals surface area contributed by atoms with Gasteiger partial charge in [0, 0.05) is 0 Å². The largest absolute Gasteiger partial charge is 0.212 e. The Morgan fingerprint density at radius 2 is 1.85 bits per heavy atom. The molecule has 0 unspecified atom stereocenters. The van der Waals surface area contributed by atoms with Gasteiger partial charge in [-0.25, -0.2) is 13.1 Å². The average molecular weight is 204 g/mol. The maximum atomic E-state index is 11.4. The third-order valence-corrected chi connectivity index (χ3v) is 3.78. The van der Waals surface area contributed by atoms with E-state index in [1.807, 2.05) is 6.92 Å². The fraction of sp³-hybridized carbons (Fsp3) is 0.889. The zero-order valence-electron chi connectivity index (χ0n) is 8.17. The highest BCUT2D eigenvalue weighted by Gasteiger charge is 2.19. The third kappa shape index (κ3) is 4.09. The molecular formula is C9H18NO2S. The van der Waals surface area contributed by atoms with Gasteiger partial charge < -0.3 is 0 Å². The smallest absolute Gasteiger partial charge is 0.212 e. The molecule has 0 aromatic rings. The van der Waals surface area contributed by atoms with E-state index in [4.69, 9.17) is 0 Å². The lowest BCUT2D eigenvalue weighted by Crippen LogP contribution is -2.31. The van der Waals surface area contributed by atoms with Crippen LogP contribution in [0.1, 0.15) is 45.4 Å². The molecule has 1 saturated carbocycles. The molecule has 0 atom stereocenters. The normalized spacial score (nSPS) is 20.4. The van der Waals surface area contributed by atoms with Crippen LogP contribution in [0.25, 0.3) is 0 Å². The van der Waals surface area contributed by atoms with E-state index in [0.29, 0.717) is 6.42 Å². The van der Waals surface area contributed by atoms with Gasteiger partial charge in [-0.15, -0.1) is 0 Å². The van der Waals surface area contributed by atoms with Crippen LogP contribution in [0.15, 0.2) is 0 Å². The average Bonchev–Trinajstić information content (AvgIpc) is 2.04. The molecule has 13 heavy (non-hydrogen) atoms. The summed E-state index contributed by atoms with van der Waals surface area (Å²) in [5.41, 5.74) is 0. The van der Waals surface area contributed by atoms with E-state index in [2.05, 4.69) is 4.72 Å².